The fourth-order valence-electron chi connectivity index (χ4n) is 8.79. The molecule has 0 radical (unpaired) electrons. The Morgan fingerprint density at radius 3 is 1.50 bits per heavy atom. The summed E-state index contributed by atoms with van der Waals surface area (Å²) >= 11 is 0. The molecule has 6 rings (SSSR count). The van der Waals surface area contributed by atoms with Crippen molar-refractivity contribution in [2.75, 3.05) is 156 Å². The number of benzene rings is 4. The van der Waals surface area contributed by atoms with Crippen molar-refractivity contribution in [2.24, 2.45) is 0 Å². The van der Waals surface area contributed by atoms with Crippen molar-refractivity contribution >= 4 is 57.3 Å². The van der Waals surface area contributed by atoms with E-state index in [4.69, 9.17) is 42.6 Å². The van der Waals surface area contributed by atoms with E-state index in [1.54, 1.807) is 23.1 Å². The lowest BCUT2D eigenvalue weighted by Crippen LogP contribution is -2.47. The van der Waals surface area contributed by atoms with E-state index < -0.39 is 64.1 Å². The Morgan fingerprint density at radius 1 is 0.489 bits per heavy atom. The van der Waals surface area contributed by atoms with Gasteiger partial charge in [-0.1, -0.05) is 90.7 Å². The number of carbonyl (C=O) groups excluding carboxylic acids is 7. The Morgan fingerprint density at radius 2 is 0.943 bits per heavy atom. The molecule has 1 heterocycles. The summed E-state index contributed by atoms with van der Waals surface area (Å²) < 4.78 is 83.1. The first-order chi connectivity index (χ1) is 42.8. The largest absolute Gasteiger partial charge is 0.449 e. The minimum atomic E-state index is -4.92. The quantitative estimate of drug-likeness (QED) is 0.0186. The molecule has 27 heteroatoms. The number of amides is 7. The lowest BCUT2D eigenvalue weighted by Gasteiger charge is -2.26. The van der Waals surface area contributed by atoms with Crippen LogP contribution in [0.25, 0.3) is 11.1 Å². The van der Waals surface area contributed by atoms with Gasteiger partial charge in [0, 0.05) is 49.5 Å². The summed E-state index contributed by atoms with van der Waals surface area (Å²) in [6.45, 7) is 3.35. The van der Waals surface area contributed by atoms with Gasteiger partial charge in [0.1, 0.15) is 13.2 Å². The molecule has 0 saturated heterocycles. The Balaban J connectivity index is 0.636. The van der Waals surface area contributed by atoms with Gasteiger partial charge in [-0.25, -0.2) is 4.79 Å². The number of fused-ring (bicyclic) bond motifs is 5. The first kappa shape index (κ1) is 69.2. The summed E-state index contributed by atoms with van der Waals surface area (Å²) in [6, 6.07) is 30.5. The second-order valence-corrected chi connectivity index (χ2v) is 21.1. The fourth-order valence-corrected chi connectivity index (χ4v) is 9.44. The van der Waals surface area contributed by atoms with Crippen molar-refractivity contribution in [3.05, 3.63) is 125 Å². The molecule has 88 heavy (non-hydrogen) atoms. The Hall–Kier alpha value is -7.88. The third-order valence-corrected chi connectivity index (χ3v) is 14.3. The zero-order valence-corrected chi connectivity index (χ0v) is 49.7. The summed E-state index contributed by atoms with van der Waals surface area (Å²) in [5, 5.41) is 12.5. The van der Waals surface area contributed by atoms with E-state index in [0.29, 0.717) is 90.5 Å². The van der Waals surface area contributed by atoms with Crippen LogP contribution in [0.4, 0.5) is 10.5 Å². The van der Waals surface area contributed by atoms with Crippen LogP contribution in [0.2, 0.25) is 0 Å². The molecule has 1 aliphatic heterocycles. The van der Waals surface area contributed by atoms with Crippen LogP contribution < -0.4 is 36.8 Å². The van der Waals surface area contributed by atoms with E-state index in [9.17, 15) is 46.5 Å². The predicted octanol–water partition coefficient (Wildman–Crippen LogP) is 1.22. The highest BCUT2D eigenvalue weighted by atomic mass is 32.2. The highest BCUT2D eigenvalue weighted by Crippen LogP contribution is 2.44. The average molecular weight is 1240 g/mol. The van der Waals surface area contributed by atoms with Gasteiger partial charge in [-0.2, -0.15) is 8.42 Å². The summed E-state index contributed by atoms with van der Waals surface area (Å²) in [6.07, 6.45) is -1.09. The molecule has 0 spiro atoms. The van der Waals surface area contributed by atoms with Gasteiger partial charge >= 0.3 is 6.09 Å². The van der Waals surface area contributed by atoms with E-state index in [1.807, 2.05) is 78.9 Å². The monoisotopic (exact) mass is 1240 g/mol. The molecule has 0 aromatic heterocycles. The third kappa shape index (κ3) is 25.1. The fraction of sp³-hybridized carbons (Fsp3) is 0.459. The third-order valence-electron chi connectivity index (χ3n) is 13.2. The molecule has 476 valence electrons. The van der Waals surface area contributed by atoms with Crippen molar-refractivity contribution in [2.45, 2.75) is 30.6 Å². The van der Waals surface area contributed by atoms with Crippen molar-refractivity contribution in [3.63, 3.8) is 0 Å². The van der Waals surface area contributed by atoms with Gasteiger partial charge in [0.2, 0.25) is 35.4 Å². The first-order valence-electron chi connectivity index (χ1n) is 28.8. The second-order valence-electron chi connectivity index (χ2n) is 19.5. The molecule has 0 saturated carbocycles. The maximum Gasteiger partial charge on any atom is 0.407 e. The van der Waals surface area contributed by atoms with Gasteiger partial charge in [0.15, 0.2) is 5.25 Å². The molecule has 4 aromatic rings. The lowest BCUT2D eigenvalue weighted by atomic mass is 9.98. The number of nitrogens with zero attached hydrogens (tertiary/aromatic N) is 1. The highest BCUT2D eigenvalue weighted by molar-refractivity contribution is 7.87. The Labute approximate surface area is 511 Å². The molecule has 26 nitrogen and oxygen atoms in total. The van der Waals surface area contributed by atoms with Crippen LogP contribution >= 0.6 is 0 Å². The topological polar surface area (TPSA) is 332 Å². The number of hydrogen-bond donors (Lipinski definition) is 7. The van der Waals surface area contributed by atoms with E-state index in [0.717, 1.165) is 33.4 Å². The van der Waals surface area contributed by atoms with Gasteiger partial charge in [-0.05, 0) is 46.0 Å². The van der Waals surface area contributed by atoms with Crippen LogP contribution in [-0.4, -0.2) is 211 Å². The summed E-state index contributed by atoms with van der Waals surface area (Å²) in [5.74, 6) is 2.47. The number of ether oxygens (including phenoxy) is 9. The average Bonchev–Trinajstić information content (AvgIpc) is 2.94. The number of alkyl carbamates (subject to hydrolysis) is 1. The van der Waals surface area contributed by atoms with E-state index in [2.05, 4.69) is 43.7 Å². The number of nitrogens with one attached hydrogen (secondary N) is 6. The summed E-state index contributed by atoms with van der Waals surface area (Å²) in [5.41, 5.74) is 7.19. The van der Waals surface area contributed by atoms with Gasteiger partial charge in [0.05, 0.1) is 131 Å². The normalized spacial score (nSPS) is 12.5. The van der Waals surface area contributed by atoms with Crippen molar-refractivity contribution < 1.29 is 89.2 Å². The molecular formula is C61H77N7O19S. The van der Waals surface area contributed by atoms with Crippen LogP contribution in [0.15, 0.2) is 97.1 Å². The number of anilines is 1. The van der Waals surface area contributed by atoms with Gasteiger partial charge < -0.3 is 79.4 Å². The lowest BCUT2D eigenvalue weighted by molar-refractivity contribution is -0.127. The van der Waals surface area contributed by atoms with Crippen LogP contribution in [0.1, 0.15) is 46.6 Å². The Bertz CT molecular complexity index is 3040. The number of para-hydroxylation sites is 1. The van der Waals surface area contributed by atoms with E-state index in [1.165, 1.54) is 0 Å². The molecule has 1 unspecified atom stereocenters. The van der Waals surface area contributed by atoms with Crippen molar-refractivity contribution in [3.8, 4) is 23.0 Å². The van der Waals surface area contributed by atoms with Gasteiger partial charge in [-0.15, -0.1) is 0 Å². The summed E-state index contributed by atoms with van der Waals surface area (Å²) in [4.78, 5) is 89.0. The molecule has 1 aliphatic carbocycles. The summed E-state index contributed by atoms with van der Waals surface area (Å²) in [7, 11) is -4.92. The minimum Gasteiger partial charge on any atom is -0.449 e. The van der Waals surface area contributed by atoms with Crippen LogP contribution in [0.5, 0.6) is 0 Å². The number of rotatable bonds is 42. The second kappa shape index (κ2) is 39.1. The number of carbonyl (C=O) groups is 7. The standard InChI is InChI=1S/C61H77N7O19S/c69-55(64-39-54(88(76,77)78)60(74)63-21-19-59(73)68-43-47-11-2-1-9-45(47)17-18-46-10-3-8-16-53(46)68)20-23-79-25-27-81-29-31-83-33-35-85-37-38-86-36-34-84-32-30-82-28-26-80-24-22-62-56(70)40-65-57(71)41-66-58(72)42-67-61(75)87-44-52-50-14-6-4-12-48(50)49-13-5-7-15-51(49)52/h1-16,52,54H,19-44H2,(H,62,70)(H,63,74)(H,64,69)(H,65,71)(H,66,72)(H,67,75)(H,76,77,78). The predicted molar refractivity (Wildman–Crippen MR) is 319 cm³/mol. The Kier molecular flexibility index (Phi) is 30.8. The zero-order valence-electron chi connectivity index (χ0n) is 48.9. The van der Waals surface area contributed by atoms with E-state index >= 15 is 0 Å². The molecule has 1 atom stereocenters. The van der Waals surface area contributed by atoms with E-state index in [-0.39, 0.29) is 90.4 Å². The minimum absolute atomic E-state index is 0.0114. The van der Waals surface area contributed by atoms with Crippen LogP contribution in [-0.2, 0) is 88.1 Å². The zero-order chi connectivity index (χ0) is 62.6. The molecule has 0 fully saturated rings. The van der Waals surface area contributed by atoms with Gasteiger partial charge in [-0.3, -0.25) is 33.3 Å². The first-order valence-corrected chi connectivity index (χ1v) is 30.3. The van der Waals surface area contributed by atoms with Crippen molar-refractivity contribution in [1.82, 2.24) is 31.9 Å². The molecule has 0 bridgehead atoms. The maximum absolute atomic E-state index is 13.5. The molecule has 2 aliphatic rings. The van der Waals surface area contributed by atoms with Crippen molar-refractivity contribution in [1.29, 1.82) is 0 Å². The number of hydrogen-bond acceptors (Lipinski definition) is 18. The molecular weight excluding hydrogens is 1170 g/mol. The SMILES string of the molecule is O=C(CCOCCOCCOCCOCCOCCOCCOCCOCCNC(=O)CNC(=O)CNC(=O)CNC(=O)OCC1c2ccccc2-c2ccccc21)NCC(C(=O)NCCC(=O)N1Cc2ccccc2C#Cc2ccccc21)S(=O)(=O)O. The smallest absolute Gasteiger partial charge is 0.407 e. The highest BCUT2D eigenvalue weighted by Gasteiger charge is 2.32. The van der Waals surface area contributed by atoms with Crippen LogP contribution in [0, 0.1) is 11.8 Å². The molecule has 7 N–H and O–H groups in total. The molecule has 7 amide bonds. The van der Waals surface area contributed by atoms with Crippen LogP contribution in [0.3, 0.4) is 0 Å². The van der Waals surface area contributed by atoms with Gasteiger partial charge in [0.25, 0.3) is 10.1 Å². The maximum atomic E-state index is 13.5. The molecule has 4 aromatic carbocycles.